The first kappa shape index (κ1) is 22.2. The van der Waals surface area contributed by atoms with Crippen LogP contribution in [0, 0.1) is 5.92 Å². The number of alkyl carbamates (subject to hydrolysis) is 1. The molecule has 24 heavy (non-hydrogen) atoms. The summed E-state index contributed by atoms with van der Waals surface area (Å²) in [5, 5.41) is 14.2. The van der Waals surface area contributed by atoms with Gasteiger partial charge < -0.3 is 26.2 Å². The summed E-state index contributed by atoms with van der Waals surface area (Å²) in [6, 6.07) is -1.72. The van der Waals surface area contributed by atoms with Crippen LogP contribution in [0.2, 0.25) is 0 Å². The number of carboxylic acid groups (broad SMARTS) is 1. The van der Waals surface area contributed by atoms with E-state index in [0.717, 1.165) is 0 Å². The topological polar surface area (TPSA) is 131 Å². The molecule has 0 saturated heterocycles. The van der Waals surface area contributed by atoms with E-state index in [4.69, 9.17) is 15.6 Å². The summed E-state index contributed by atoms with van der Waals surface area (Å²) < 4.78 is 5.09. The average Bonchev–Trinajstić information content (AvgIpc) is 2.42. The molecule has 8 heteroatoms. The minimum atomic E-state index is -1.10. The van der Waals surface area contributed by atoms with E-state index in [1.807, 2.05) is 0 Å². The third-order valence-electron chi connectivity index (χ3n) is 3.22. The van der Waals surface area contributed by atoms with E-state index in [9.17, 15) is 14.4 Å². The number of hydrogen-bond donors (Lipinski definition) is 4. The van der Waals surface area contributed by atoms with Gasteiger partial charge in [0.05, 0.1) is 6.04 Å². The lowest BCUT2D eigenvalue weighted by Crippen LogP contribution is -2.50. The Morgan fingerprint density at radius 2 is 1.75 bits per heavy atom. The highest BCUT2D eigenvalue weighted by Crippen LogP contribution is 2.07. The lowest BCUT2D eigenvalue weighted by atomic mass is 10.0. The molecule has 2 atom stereocenters. The highest BCUT2D eigenvalue weighted by atomic mass is 16.6. The molecule has 8 nitrogen and oxygen atoms in total. The van der Waals surface area contributed by atoms with Crippen molar-refractivity contribution in [3.05, 3.63) is 0 Å². The maximum Gasteiger partial charge on any atom is 0.407 e. The highest BCUT2D eigenvalue weighted by Gasteiger charge is 2.24. The average molecular weight is 345 g/mol. The summed E-state index contributed by atoms with van der Waals surface area (Å²) in [5.74, 6) is -1.64. The summed E-state index contributed by atoms with van der Waals surface area (Å²) >= 11 is 0. The van der Waals surface area contributed by atoms with Crippen LogP contribution in [0.3, 0.4) is 0 Å². The second-order valence-electron chi connectivity index (χ2n) is 7.09. The number of nitrogens with one attached hydrogen (secondary N) is 2. The normalized spacial score (nSPS) is 14.0. The quantitative estimate of drug-likeness (QED) is 0.465. The fourth-order valence-corrected chi connectivity index (χ4v) is 1.81. The molecule has 2 amide bonds. The fourth-order valence-electron chi connectivity index (χ4n) is 1.81. The number of nitrogens with two attached hydrogens (primary N) is 1. The van der Waals surface area contributed by atoms with Crippen molar-refractivity contribution in [2.75, 3.05) is 6.54 Å². The summed E-state index contributed by atoms with van der Waals surface area (Å²) in [7, 11) is 0. The number of ether oxygens (including phenoxy) is 1. The lowest BCUT2D eigenvalue weighted by Gasteiger charge is -2.20. The minimum Gasteiger partial charge on any atom is -0.480 e. The highest BCUT2D eigenvalue weighted by molar-refractivity contribution is 5.86. The fraction of sp³-hybridized carbons (Fsp3) is 0.812. The van der Waals surface area contributed by atoms with Crippen LogP contribution < -0.4 is 16.4 Å². The Morgan fingerprint density at radius 3 is 2.21 bits per heavy atom. The maximum atomic E-state index is 11.8. The van der Waals surface area contributed by atoms with Crippen molar-refractivity contribution in [2.45, 2.75) is 71.6 Å². The van der Waals surface area contributed by atoms with E-state index in [1.165, 1.54) is 0 Å². The molecule has 0 aromatic heterocycles. The number of amides is 2. The van der Waals surface area contributed by atoms with Gasteiger partial charge in [0, 0.05) is 6.54 Å². The summed E-state index contributed by atoms with van der Waals surface area (Å²) in [6.07, 6.45) is 0.870. The number of carbonyl (C=O) groups excluding carboxylic acids is 2. The molecule has 0 aliphatic rings. The molecule has 0 bridgehead atoms. The second kappa shape index (κ2) is 10.1. The van der Waals surface area contributed by atoms with Gasteiger partial charge in [0.25, 0.3) is 0 Å². The van der Waals surface area contributed by atoms with Crippen molar-refractivity contribution in [3.63, 3.8) is 0 Å². The summed E-state index contributed by atoms with van der Waals surface area (Å²) in [4.78, 5) is 34.5. The molecule has 0 aromatic carbocycles. The van der Waals surface area contributed by atoms with E-state index < -0.39 is 35.7 Å². The van der Waals surface area contributed by atoms with Gasteiger partial charge in [0.1, 0.15) is 11.6 Å². The largest absolute Gasteiger partial charge is 0.480 e. The van der Waals surface area contributed by atoms with Gasteiger partial charge >= 0.3 is 12.1 Å². The molecular weight excluding hydrogens is 314 g/mol. The Labute approximate surface area is 143 Å². The van der Waals surface area contributed by atoms with E-state index in [1.54, 1.807) is 34.6 Å². The smallest absolute Gasteiger partial charge is 0.407 e. The van der Waals surface area contributed by atoms with Gasteiger partial charge in [-0.25, -0.2) is 9.59 Å². The van der Waals surface area contributed by atoms with Gasteiger partial charge in [0.2, 0.25) is 5.91 Å². The zero-order valence-electron chi connectivity index (χ0n) is 15.2. The molecule has 0 spiro atoms. The molecule has 0 fully saturated rings. The van der Waals surface area contributed by atoms with Crippen molar-refractivity contribution in [1.29, 1.82) is 0 Å². The van der Waals surface area contributed by atoms with E-state index in [-0.39, 0.29) is 12.3 Å². The van der Waals surface area contributed by atoms with Gasteiger partial charge in [-0.3, -0.25) is 4.79 Å². The summed E-state index contributed by atoms with van der Waals surface area (Å²) in [6.45, 7) is 9.28. The van der Waals surface area contributed by atoms with Gasteiger partial charge in [-0.05, 0) is 46.0 Å². The number of aliphatic carboxylic acids is 1. The van der Waals surface area contributed by atoms with E-state index >= 15 is 0 Å². The third-order valence-corrected chi connectivity index (χ3v) is 3.22. The van der Waals surface area contributed by atoms with E-state index in [2.05, 4.69) is 10.6 Å². The number of carbonyl (C=O) groups is 3. The minimum absolute atomic E-state index is 0.0718. The zero-order valence-corrected chi connectivity index (χ0v) is 15.2. The molecule has 0 rings (SSSR count). The molecule has 0 aliphatic carbocycles. The molecule has 140 valence electrons. The maximum absolute atomic E-state index is 11.8. The molecule has 0 radical (unpaired) electrons. The molecular formula is C16H31N3O5. The Morgan fingerprint density at radius 1 is 1.17 bits per heavy atom. The number of hydrogen-bond acceptors (Lipinski definition) is 5. The first-order chi connectivity index (χ1) is 10.9. The molecule has 5 N–H and O–H groups in total. The predicted octanol–water partition coefficient (Wildman–Crippen LogP) is 1.23. The van der Waals surface area contributed by atoms with Crippen molar-refractivity contribution >= 4 is 18.0 Å². The SMILES string of the molecule is CC(C)C(N)C(=O)N[C@@H](CCCCNC(=O)OC(C)(C)C)C(=O)O. The van der Waals surface area contributed by atoms with Crippen LogP contribution in [0.25, 0.3) is 0 Å². The van der Waals surface area contributed by atoms with Crippen LogP contribution in [-0.2, 0) is 14.3 Å². The Bertz CT molecular complexity index is 432. The van der Waals surface area contributed by atoms with Crippen molar-refractivity contribution < 1.29 is 24.2 Å². The van der Waals surface area contributed by atoms with Gasteiger partial charge in [0.15, 0.2) is 0 Å². The first-order valence-electron chi connectivity index (χ1n) is 8.19. The Balaban J connectivity index is 4.13. The van der Waals surface area contributed by atoms with Gasteiger partial charge in [-0.2, -0.15) is 0 Å². The molecule has 1 unspecified atom stereocenters. The van der Waals surface area contributed by atoms with Crippen LogP contribution in [0.1, 0.15) is 53.9 Å². The van der Waals surface area contributed by atoms with Gasteiger partial charge in [-0.1, -0.05) is 13.8 Å². The number of unbranched alkanes of at least 4 members (excludes halogenated alkanes) is 1. The Kier molecular flexibility index (Phi) is 9.35. The van der Waals surface area contributed by atoms with Crippen molar-refractivity contribution in [2.24, 2.45) is 11.7 Å². The molecule has 0 aliphatic heterocycles. The van der Waals surface area contributed by atoms with E-state index in [0.29, 0.717) is 19.4 Å². The van der Waals surface area contributed by atoms with Crippen molar-refractivity contribution in [1.82, 2.24) is 10.6 Å². The van der Waals surface area contributed by atoms with Crippen molar-refractivity contribution in [3.8, 4) is 0 Å². The van der Waals surface area contributed by atoms with Crippen LogP contribution in [0.4, 0.5) is 4.79 Å². The molecule has 0 saturated carbocycles. The van der Waals surface area contributed by atoms with Crippen LogP contribution in [0.5, 0.6) is 0 Å². The third kappa shape index (κ3) is 10.0. The first-order valence-corrected chi connectivity index (χ1v) is 8.19. The lowest BCUT2D eigenvalue weighted by molar-refractivity contribution is -0.142. The Hall–Kier alpha value is -1.83. The van der Waals surface area contributed by atoms with Crippen LogP contribution >= 0.6 is 0 Å². The van der Waals surface area contributed by atoms with Crippen LogP contribution in [-0.4, -0.2) is 47.3 Å². The predicted molar refractivity (Wildman–Crippen MR) is 90.5 cm³/mol. The van der Waals surface area contributed by atoms with Gasteiger partial charge in [-0.15, -0.1) is 0 Å². The molecule has 0 aromatic rings. The number of rotatable bonds is 9. The second-order valence-corrected chi connectivity index (χ2v) is 7.09. The monoisotopic (exact) mass is 345 g/mol. The zero-order chi connectivity index (χ0) is 18.9. The standard InChI is InChI=1S/C16H31N3O5/c1-10(2)12(17)13(20)19-11(14(21)22)8-6-7-9-18-15(23)24-16(3,4)5/h10-12H,6-9,17H2,1-5H3,(H,18,23)(H,19,20)(H,21,22)/t11-,12?/m0/s1. The van der Waals surface area contributed by atoms with Crippen LogP contribution in [0.15, 0.2) is 0 Å². The number of carboxylic acids is 1. The molecule has 0 heterocycles. The summed E-state index contributed by atoms with van der Waals surface area (Å²) in [5.41, 5.74) is 5.14.